The summed E-state index contributed by atoms with van der Waals surface area (Å²) in [5.74, 6) is 0.187. The van der Waals surface area contributed by atoms with E-state index in [0.29, 0.717) is 6.54 Å². The molecule has 1 aliphatic heterocycles. The van der Waals surface area contributed by atoms with Crippen LogP contribution in [0.3, 0.4) is 0 Å². The first kappa shape index (κ1) is 16.1. The molecule has 0 aromatic carbocycles. The molecule has 1 saturated heterocycles. The lowest BCUT2D eigenvalue weighted by Crippen LogP contribution is -2.40. The van der Waals surface area contributed by atoms with Gasteiger partial charge in [-0.2, -0.15) is 0 Å². The van der Waals surface area contributed by atoms with Crippen LogP contribution < -0.4 is 5.32 Å². The highest BCUT2D eigenvalue weighted by Crippen LogP contribution is 2.24. The van der Waals surface area contributed by atoms with Gasteiger partial charge in [-0.15, -0.1) is 0 Å². The maximum atomic E-state index is 11.9. The van der Waals surface area contributed by atoms with Crippen molar-refractivity contribution in [1.29, 1.82) is 0 Å². The Morgan fingerprint density at radius 3 is 2.43 bits per heavy atom. The van der Waals surface area contributed by atoms with E-state index in [-0.39, 0.29) is 17.9 Å². The molecule has 0 saturated carbocycles. The lowest BCUT2D eigenvalue weighted by molar-refractivity contribution is -0.124. The molecule has 4 nitrogen and oxygen atoms in total. The van der Waals surface area contributed by atoms with Crippen LogP contribution >= 0.6 is 0 Å². The third-order valence-electron chi connectivity index (χ3n) is 4.40. The molecule has 0 radical (unpaired) electrons. The van der Waals surface area contributed by atoms with Gasteiger partial charge >= 0.3 is 0 Å². The SMILES string of the molecule is CC(C)C(=O)NCC(c1cccn1C)N1CCCCCC1. The normalized spacial score (nSPS) is 18.5. The largest absolute Gasteiger partial charge is 0.354 e. The molecule has 1 unspecified atom stereocenters. The number of likely N-dealkylation sites (tertiary alicyclic amines) is 1. The molecule has 1 N–H and O–H groups in total. The highest BCUT2D eigenvalue weighted by molar-refractivity contribution is 5.77. The third kappa shape index (κ3) is 4.34. The summed E-state index contributed by atoms with van der Waals surface area (Å²) < 4.78 is 2.18. The summed E-state index contributed by atoms with van der Waals surface area (Å²) in [6, 6.07) is 4.55. The maximum absolute atomic E-state index is 11.9. The van der Waals surface area contributed by atoms with Crippen molar-refractivity contribution in [3.05, 3.63) is 24.0 Å². The van der Waals surface area contributed by atoms with Crippen LogP contribution in [0.1, 0.15) is 51.3 Å². The van der Waals surface area contributed by atoms with Gasteiger partial charge in [-0.25, -0.2) is 0 Å². The van der Waals surface area contributed by atoms with Gasteiger partial charge in [-0.1, -0.05) is 26.7 Å². The van der Waals surface area contributed by atoms with Crippen LogP contribution in [0, 0.1) is 5.92 Å². The Kier molecular flexibility index (Phi) is 5.85. The molecule has 0 aliphatic carbocycles. The molecule has 1 aliphatic rings. The van der Waals surface area contributed by atoms with Gasteiger partial charge in [-0.3, -0.25) is 9.69 Å². The molecule has 1 aromatic heterocycles. The number of hydrogen-bond donors (Lipinski definition) is 1. The number of aromatic nitrogens is 1. The smallest absolute Gasteiger partial charge is 0.222 e. The van der Waals surface area contributed by atoms with E-state index < -0.39 is 0 Å². The summed E-state index contributed by atoms with van der Waals surface area (Å²) in [5, 5.41) is 3.12. The third-order valence-corrected chi connectivity index (χ3v) is 4.40. The zero-order valence-corrected chi connectivity index (χ0v) is 13.6. The minimum Gasteiger partial charge on any atom is -0.354 e. The molecule has 1 amide bonds. The van der Waals surface area contributed by atoms with Gasteiger partial charge < -0.3 is 9.88 Å². The summed E-state index contributed by atoms with van der Waals surface area (Å²) in [4.78, 5) is 14.5. The number of hydrogen-bond acceptors (Lipinski definition) is 2. The topological polar surface area (TPSA) is 37.3 Å². The average Bonchev–Trinajstić information content (AvgIpc) is 2.72. The van der Waals surface area contributed by atoms with Gasteiger partial charge in [0.2, 0.25) is 5.91 Å². The molecule has 2 heterocycles. The lowest BCUT2D eigenvalue weighted by Gasteiger charge is -2.31. The van der Waals surface area contributed by atoms with Crippen molar-refractivity contribution < 1.29 is 4.79 Å². The molecule has 1 fully saturated rings. The lowest BCUT2D eigenvalue weighted by atomic mass is 10.1. The summed E-state index contributed by atoms with van der Waals surface area (Å²) in [7, 11) is 2.09. The monoisotopic (exact) mass is 291 g/mol. The Bertz CT molecular complexity index is 445. The zero-order valence-electron chi connectivity index (χ0n) is 13.6. The van der Waals surface area contributed by atoms with Crippen molar-refractivity contribution >= 4 is 5.91 Å². The molecule has 1 atom stereocenters. The van der Waals surface area contributed by atoms with Crippen LogP contribution in [-0.4, -0.2) is 35.0 Å². The Hall–Kier alpha value is -1.29. The second-order valence-electron chi connectivity index (χ2n) is 6.41. The summed E-state index contributed by atoms with van der Waals surface area (Å²) in [5.41, 5.74) is 1.29. The summed E-state index contributed by atoms with van der Waals surface area (Å²) in [6.45, 7) is 6.85. The van der Waals surface area contributed by atoms with Gasteiger partial charge in [0, 0.05) is 31.4 Å². The summed E-state index contributed by atoms with van der Waals surface area (Å²) in [6.07, 6.45) is 7.27. The molecule has 21 heavy (non-hydrogen) atoms. The molecule has 2 rings (SSSR count). The van der Waals surface area contributed by atoms with Crippen LogP contribution in [0.25, 0.3) is 0 Å². The van der Waals surface area contributed by atoms with Crippen molar-refractivity contribution in [2.75, 3.05) is 19.6 Å². The zero-order chi connectivity index (χ0) is 15.2. The van der Waals surface area contributed by atoms with Crippen LogP contribution in [0.5, 0.6) is 0 Å². The number of carbonyl (C=O) groups excluding carboxylic acids is 1. The van der Waals surface area contributed by atoms with E-state index in [2.05, 4.69) is 40.2 Å². The standard InChI is InChI=1S/C17H29N3O/c1-14(2)17(21)18-13-16(15-9-8-10-19(15)3)20-11-6-4-5-7-12-20/h8-10,14,16H,4-7,11-13H2,1-3H3,(H,18,21). The van der Waals surface area contributed by atoms with Crippen LogP contribution in [0.4, 0.5) is 0 Å². The van der Waals surface area contributed by atoms with E-state index in [1.54, 1.807) is 0 Å². The van der Waals surface area contributed by atoms with E-state index in [9.17, 15) is 4.79 Å². The van der Waals surface area contributed by atoms with Crippen molar-refractivity contribution in [3.63, 3.8) is 0 Å². The van der Waals surface area contributed by atoms with Gasteiger partial charge in [0.05, 0.1) is 6.04 Å². The number of rotatable bonds is 5. The molecular weight excluding hydrogens is 262 g/mol. The number of nitrogens with zero attached hydrogens (tertiary/aromatic N) is 2. The Labute approximate surface area is 128 Å². The number of carbonyl (C=O) groups is 1. The Morgan fingerprint density at radius 1 is 1.24 bits per heavy atom. The molecule has 118 valence electrons. The van der Waals surface area contributed by atoms with Crippen LogP contribution in [0.2, 0.25) is 0 Å². The van der Waals surface area contributed by atoms with Gasteiger partial charge in [0.25, 0.3) is 0 Å². The fraction of sp³-hybridized carbons (Fsp3) is 0.706. The Morgan fingerprint density at radius 2 is 1.90 bits per heavy atom. The van der Waals surface area contributed by atoms with Crippen molar-refractivity contribution in [3.8, 4) is 0 Å². The van der Waals surface area contributed by atoms with Crippen molar-refractivity contribution in [1.82, 2.24) is 14.8 Å². The molecular formula is C17H29N3O. The van der Waals surface area contributed by atoms with Gasteiger partial charge in [0.15, 0.2) is 0 Å². The number of nitrogens with one attached hydrogen (secondary N) is 1. The van der Waals surface area contributed by atoms with E-state index in [1.165, 1.54) is 31.4 Å². The fourth-order valence-electron chi connectivity index (χ4n) is 3.05. The van der Waals surface area contributed by atoms with E-state index in [4.69, 9.17) is 0 Å². The minimum absolute atomic E-state index is 0.0446. The number of amides is 1. The van der Waals surface area contributed by atoms with Crippen LogP contribution in [0.15, 0.2) is 18.3 Å². The minimum atomic E-state index is 0.0446. The molecule has 0 spiro atoms. The van der Waals surface area contributed by atoms with Crippen LogP contribution in [-0.2, 0) is 11.8 Å². The highest BCUT2D eigenvalue weighted by Gasteiger charge is 2.24. The highest BCUT2D eigenvalue weighted by atomic mass is 16.1. The second kappa shape index (κ2) is 7.64. The second-order valence-corrected chi connectivity index (χ2v) is 6.41. The van der Waals surface area contributed by atoms with E-state index >= 15 is 0 Å². The fourth-order valence-corrected chi connectivity index (χ4v) is 3.05. The van der Waals surface area contributed by atoms with Gasteiger partial charge in [-0.05, 0) is 38.1 Å². The first-order chi connectivity index (χ1) is 10.1. The first-order valence-electron chi connectivity index (χ1n) is 8.22. The average molecular weight is 291 g/mol. The van der Waals surface area contributed by atoms with E-state index in [0.717, 1.165) is 13.1 Å². The maximum Gasteiger partial charge on any atom is 0.222 e. The van der Waals surface area contributed by atoms with E-state index in [1.807, 2.05) is 13.8 Å². The molecule has 0 bridgehead atoms. The molecule has 1 aromatic rings. The van der Waals surface area contributed by atoms with Crippen molar-refractivity contribution in [2.24, 2.45) is 13.0 Å². The molecule has 4 heteroatoms. The predicted octanol–water partition coefficient (Wildman–Crippen LogP) is 2.71. The summed E-state index contributed by atoms with van der Waals surface area (Å²) >= 11 is 0. The Balaban J connectivity index is 2.10. The quantitative estimate of drug-likeness (QED) is 0.905. The van der Waals surface area contributed by atoms with Crippen molar-refractivity contribution in [2.45, 2.75) is 45.6 Å². The predicted molar refractivity (Wildman–Crippen MR) is 86.0 cm³/mol. The van der Waals surface area contributed by atoms with Gasteiger partial charge in [0.1, 0.15) is 0 Å². The first-order valence-corrected chi connectivity index (χ1v) is 8.22. The number of aryl methyl sites for hydroxylation is 1.